The molecule has 0 bridgehead atoms. The largest absolute Gasteiger partial charge is 0.399 e. The van der Waals surface area contributed by atoms with E-state index in [9.17, 15) is 4.39 Å². The summed E-state index contributed by atoms with van der Waals surface area (Å²) in [5.74, 6) is 0.613. The van der Waals surface area contributed by atoms with E-state index in [1.807, 2.05) is 0 Å². The zero-order valence-corrected chi connectivity index (χ0v) is 20.1. The maximum Gasteiger partial charge on any atom is 0.132 e. The first-order chi connectivity index (χ1) is 15.1. The molecule has 0 unspecified atom stereocenters. The molecule has 2 aromatic carbocycles. The fraction of sp³-hybridized carbons (Fsp3) is 0.379. The first-order valence-electron chi connectivity index (χ1n) is 11.5. The van der Waals surface area contributed by atoms with Crippen LogP contribution in [-0.4, -0.2) is 18.0 Å². The van der Waals surface area contributed by atoms with Gasteiger partial charge in [-0.05, 0) is 92.5 Å². The van der Waals surface area contributed by atoms with Crippen molar-refractivity contribution in [1.82, 2.24) is 4.90 Å². The normalized spacial score (nSPS) is 18.8. The van der Waals surface area contributed by atoms with Crippen LogP contribution in [0.2, 0.25) is 0 Å². The summed E-state index contributed by atoms with van der Waals surface area (Å²) in [6.07, 6.45) is 4.88. The third-order valence-corrected chi connectivity index (χ3v) is 7.34. The molecule has 2 aromatic rings. The van der Waals surface area contributed by atoms with Gasteiger partial charge in [-0.25, -0.2) is 4.39 Å². The number of nitrogen functional groups attached to an aromatic ring is 1. The fourth-order valence-electron chi connectivity index (χ4n) is 5.44. The minimum absolute atomic E-state index is 0.239. The van der Waals surface area contributed by atoms with Gasteiger partial charge in [0.15, 0.2) is 0 Å². The third kappa shape index (κ3) is 4.13. The predicted octanol–water partition coefficient (Wildman–Crippen LogP) is 7.15. The smallest absolute Gasteiger partial charge is 0.132 e. The van der Waals surface area contributed by atoms with E-state index in [1.54, 1.807) is 12.1 Å². The van der Waals surface area contributed by atoms with Crippen LogP contribution in [0, 0.1) is 31.0 Å². The lowest BCUT2D eigenvalue weighted by Gasteiger charge is -2.60. The Morgan fingerprint density at radius 1 is 1.06 bits per heavy atom. The number of aryl methyl sites for hydroxylation is 2. The number of hydrogen-bond donors (Lipinski definition) is 1. The van der Waals surface area contributed by atoms with E-state index in [2.05, 4.69) is 70.4 Å². The monoisotopic (exact) mass is 430 g/mol. The van der Waals surface area contributed by atoms with Crippen LogP contribution >= 0.6 is 0 Å². The molecule has 2 fully saturated rings. The van der Waals surface area contributed by atoms with Gasteiger partial charge in [0.05, 0.1) is 0 Å². The van der Waals surface area contributed by atoms with Gasteiger partial charge in [-0.15, -0.1) is 0 Å². The van der Waals surface area contributed by atoms with Crippen molar-refractivity contribution in [2.75, 3.05) is 18.8 Å². The highest BCUT2D eigenvalue weighted by Gasteiger charge is 2.51. The molecule has 5 rings (SSSR count). The molecule has 0 amide bonds. The van der Waals surface area contributed by atoms with Gasteiger partial charge in [0.1, 0.15) is 5.82 Å². The average Bonchev–Trinajstić information content (AvgIpc) is 2.71. The second-order valence-electron chi connectivity index (χ2n) is 10.2. The number of likely N-dealkylation sites (tertiary alicyclic amines) is 1. The van der Waals surface area contributed by atoms with Gasteiger partial charge in [0.25, 0.3) is 0 Å². The highest BCUT2D eigenvalue weighted by molar-refractivity contribution is 5.88. The number of benzene rings is 2. The Morgan fingerprint density at radius 3 is 2.34 bits per heavy atom. The molecule has 168 valence electrons. The topological polar surface area (TPSA) is 29.3 Å². The minimum atomic E-state index is -0.239. The molecule has 0 aromatic heterocycles. The van der Waals surface area contributed by atoms with Crippen LogP contribution < -0.4 is 5.73 Å². The first-order valence-corrected chi connectivity index (χ1v) is 11.5. The Balaban J connectivity index is 0.000000158. The summed E-state index contributed by atoms with van der Waals surface area (Å²) in [7, 11) is 0. The molecule has 1 heterocycles. The van der Waals surface area contributed by atoms with Crippen LogP contribution in [0.5, 0.6) is 0 Å². The summed E-state index contributed by atoms with van der Waals surface area (Å²) in [4.78, 5) is 2.17. The second-order valence-corrected chi connectivity index (χ2v) is 10.2. The van der Waals surface area contributed by atoms with E-state index >= 15 is 0 Å². The van der Waals surface area contributed by atoms with Gasteiger partial charge in [-0.3, -0.25) is 0 Å². The van der Waals surface area contributed by atoms with Gasteiger partial charge in [-0.2, -0.15) is 0 Å². The number of halogens is 1. The van der Waals surface area contributed by atoms with Gasteiger partial charge in [-0.1, -0.05) is 43.3 Å². The maximum absolute atomic E-state index is 13.7. The van der Waals surface area contributed by atoms with Gasteiger partial charge in [0.2, 0.25) is 0 Å². The van der Waals surface area contributed by atoms with Crippen molar-refractivity contribution in [3.8, 4) is 0 Å². The van der Waals surface area contributed by atoms with Gasteiger partial charge < -0.3 is 10.6 Å². The van der Waals surface area contributed by atoms with Crippen LogP contribution in [0.25, 0.3) is 11.3 Å². The van der Waals surface area contributed by atoms with Crippen molar-refractivity contribution >= 4 is 17.0 Å². The Bertz CT molecular complexity index is 1120. The van der Waals surface area contributed by atoms with Gasteiger partial charge in [0, 0.05) is 35.5 Å². The lowest BCUT2D eigenvalue weighted by atomic mass is 9.58. The lowest BCUT2D eigenvalue weighted by molar-refractivity contribution is -0.0588. The molecule has 2 nitrogen and oxygen atoms in total. The summed E-state index contributed by atoms with van der Waals surface area (Å²) in [6, 6.07) is 11.3. The van der Waals surface area contributed by atoms with Crippen molar-refractivity contribution in [1.29, 1.82) is 0 Å². The minimum Gasteiger partial charge on any atom is -0.399 e. The Morgan fingerprint density at radius 2 is 1.75 bits per heavy atom. The summed E-state index contributed by atoms with van der Waals surface area (Å²) in [5.41, 5.74) is 16.5. The van der Waals surface area contributed by atoms with Crippen molar-refractivity contribution in [2.45, 2.75) is 47.5 Å². The molecule has 0 radical (unpaired) electrons. The molecule has 0 atom stereocenters. The van der Waals surface area contributed by atoms with E-state index in [0.717, 1.165) is 24.7 Å². The zero-order valence-electron chi connectivity index (χ0n) is 20.1. The van der Waals surface area contributed by atoms with E-state index in [1.165, 1.54) is 52.3 Å². The molecule has 3 heteroatoms. The summed E-state index contributed by atoms with van der Waals surface area (Å²) in [6.45, 7) is 17.0. The molecule has 2 aliphatic carbocycles. The molecular weight excluding hydrogens is 395 g/mol. The molecule has 1 spiro atoms. The van der Waals surface area contributed by atoms with Crippen molar-refractivity contribution in [3.63, 3.8) is 0 Å². The number of rotatable bonds is 3. The molecule has 32 heavy (non-hydrogen) atoms. The number of anilines is 1. The predicted molar refractivity (Wildman–Crippen MR) is 135 cm³/mol. The molecule has 1 saturated carbocycles. The Hall–Kier alpha value is -2.81. The standard InChI is InChI=1S/C15H19FN2.C14H16/c1-10-6-15(7-10)8-18(9-15)11(2)13-5-12(17)3-4-14(13)16;1-9-5-6-10(2)13(7-9)14-8-11(3)12(14)4/h3-5,10H,2,6-9,17H2,1H3;5-8H,1-4H3. The van der Waals surface area contributed by atoms with E-state index in [0.29, 0.717) is 16.7 Å². The highest BCUT2D eigenvalue weighted by Crippen LogP contribution is 2.53. The summed E-state index contributed by atoms with van der Waals surface area (Å²) >= 11 is 0. The number of allylic oxidation sites excluding steroid dienone is 4. The summed E-state index contributed by atoms with van der Waals surface area (Å²) < 4.78 is 13.7. The van der Waals surface area contributed by atoms with E-state index in [4.69, 9.17) is 5.73 Å². The summed E-state index contributed by atoms with van der Waals surface area (Å²) in [5, 5.41) is 0. The van der Waals surface area contributed by atoms with Crippen LogP contribution in [0.4, 0.5) is 10.1 Å². The number of nitrogens with two attached hydrogens (primary N) is 1. The fourth-order valence-corrected chi connectivity index (χ4v) is 5.44. The van der Waals surface area contributed by atoms with Crippen molar-refractivity contribution < 1.29 is 4.39 Å². The van der Waals surface area contributed by atoms with Crippen molar-refractivity contribution in [3.05, 3.63) is 88.3 Å². The lowest BCUT2D eigenvalue weighted by Crippen LogP contribution is -2.60. The average molecular weight is 431 g/mol. The van der Waals surface area contributed by atoms with Crippen LogP contribution in [0.1, 0.15) is 55.9 Å². The SMILES string of the molecule is C=C(c1cc(N)ccc1F)N1CC2(CC(C)C2)C1.CC1=CC(c2cc(C)ccc2C)=C1C. The highest BCUT2D eigenvalue weighted by atomic mass is 19.1. The van der Waals surface area contributed by atoms with Crippen LogP contribution in [-0.2, 0) is 0 Å². The molecular formula is C29H35FN2. The molecule has 1 saturated heterocycles. The number of hydrogen-bond acceptors (Lipinski definition) is 2. The third-order valence-electron chi connectivity index (χ3n) is 7.34. The maximum atomic E-state index is 13.7. The van der Waals surface area contributed by atoms with E-state index in [-0.39, 0.29) is 5.82 Å². The second kappa shape index (κ2) is 8.27. The van der Waals surface area contributed by atoms with Crippen LogP contribution in [0.3, 0.4) is 0 Å². The van der Waals surface area contributed by atoms with Crippen molar-refractivity contribution in [2.24, 2.45) is 11.3 Å². The quantitative estimate of drug-likeness (QED) is 0.524. The van der Waals surface area contributed by atoms with Gasteiger partial charge >= 0.3 is 0 Å². The number of nitrogens with zero attached hydrogens (tertiary/aromatic N) is 1. The van der Waals surface area contributed by atoms with E-state index < -0.39 is 0 Å². The molecule has 2 N–H and O–H groups in total. The Kier molecular flexibility index (Phi) is 5.79. The zero-order chi connectivity index (χ0) is 23.2. The molecule has 3 aliphatic rings. The molecule has 1 aliphatic heterocycles. The first kappa shape index (κ1) is 22.4. The Labute approximate surface area is 192 Å². The van der Waals surface area contributed by atoms with Crippen LogP contribution in [0.15, 0.2) is 60.2 Å².